The van der Waals surface area contributed by atoms with Gasteiger partial charge < -0.3 is 10.4 Å². The first-order chi connectivity index (χ1) is 6.27. The molecule has 0 aromatic heterocycles. The average Bonchev–Trinajstić information content (AvgIpc) is 2.86. The normalized spacial score (nSPS) is 21.5. The van der Waals surface area contributed by atoms with Gasteiger partial charge in [-0.05, 0) is 38.5 Å². The molecule has 1 aliphatic rings. The first kappa shape index (κ1) is 11.0. The number of hydrogen-bond donors (Lipinski definition) is 2. The van der Waals surface area contributed by atoms with Crippen molar-refractivity contribution in [1.82, 2.24) is 5.32 Å². The van der Waals surface area contributed by atoms with Crippen LogP contribution in [0.3, 0.4) is 0 Å². The molecule has 0 radical (unpaired) electrons. The van der Waals surface area contributed by atoms with Crippen LogP contribution in [0.4, 0.5) is 0 Å². The van der Waals surface area contributed by atoms with E-state index < -0.39 is 0 Å². The molecular formula is C11H23NO. The Hall–Kier alpha value is -0.0800. The SMILES string of the molecule is CCCC(NC(C)CCO)C1CC1. The first-order valence-electron chi connectivity index (χ1n) is 5.64. The van der Waals surface area contributed by atoms with E-state index in [0.717, 1.165) is 12.3 Å². The predicted molar refractivity (Wildman–Crippen MR) is 55.7 cm³/mol. The lowest BCUT2D eigenvalue weighted by Gasteiger charge is -2.22. The number of aliphatic hydroxyl groups excluding tert-OH is 1. The van der Waals surface area contributed by atoms with E-state index in [-0.39, 0.29) is 0 Å². The van der Waals surface area contributed by atoms with E-state index in [0.29, 0.717) is 18.7 Å². The van der Waals surface area contributed by atoms with Crippen LogP contribution in [0.5, 0.6) is 0 Å². The van der Waals surface area contributed by atoms with Gasteiger partial charge in [0.1, 0.15) is 0 Å². The highest BCUT2D eigenvalue weighted by Crippen LogP contribution is 2.34. The second kappa shape index (κ2) is 5.61. The van der Waals surface area contributed by atoms with Crippen LogP contribution in [0.2, 0.25) is 0 Å². The maximum absolute atomic E-state index is 8.79. The fraction of sp³-hybridized carbons (Fsp3) is 1.00. The summed E-state index contributed by atoms with van der Waals surface area (Å²) in [5.41, 5.74) is 0. The molecule has 78 valence electrons. The highest BCUT2D eigenvalue weighted by atomic mass is 16.3. The Morgan fingerprint density at radius 2 is 2.08 bits per heavy atom. The van der Waals surface area contributed by atoms with E-state index in [9.17, 15) is 0 Å². The maximum atomic E-state index is 8.79. The van der Waals surface area contributed by atoms with Gasteiger partial charge in [-0.1, -0.05) is 13.3 Å². The van der Waals surface area contributed by atoms with E-state index >= 15 is 0 Å². The van der Waals surface area contributed by atoms with E-state index in [1.54, 1.807) is 0 Å². The van der Waals surface area contributed by atoms with Gasteiger partial charge in [0, 0.05) is 18.7 Å². The van der Waals surface area contributed by atoms with E-state index in [1.165, 1.54) is 25.7 Å². The fourth-order valence-corrected chi connectivity index (χ4v) is 1.91. The van der Waals surface area contributed by atoms with Gasteiger partial charge in [-0.3, -0.25) is 0 Å². The quantitative estimate of drug-likeness (QED) is 0.635. The fourth-order valence-electron chi connectivity index (χ4n) is 1.91. The Morgan fingerprint density at radius 3 is 2.54 bits per heavy atom. The van der Waals surface area contributed by atoms with Crippen molar-refractivity contribution >= 4 is 0 Å². The molecule has 0 heterocycles. The molecule has 0 aromatic carbocycles. The maximum Gasteiger partial charge on any atom is 0.0445 e. The summed E-state index contributed by atoms with van der Waals surface area (Å²) in [5, 5.41) is 12.4. The van der Waals surface area contributed by atoms with E-state index in [4.69, 9.17) is 5.11 Å². The molecule has 1 aliphatic carbocycles. The van der Waals surface area contributed by atoms with Crippen LogP contribution in [-0.4, -0.2) is 23.8 Å². The second-order valence-corrected chi connectivity index (χ2v) is 4.31. The molecule has 13 heavy (non-hydrogen) atoms. The van der Waals surface area contributed by atoms with Crippen molar-refractivity contribution in [3.63, 3.8) is 0 Å². The van der Waals surface area contributed by atoms with Gasteiger partial charge in [0.2, 0.25) is 0 Å². The minimum atomic E-state index is 0.303. The van der Waals surface area contributed by atoms with Crippen LogP contribution in [0.15, 0.2) is 0 Å². The lowest BCUT2D eigenvalue weighted by molar-refractivity contribution is 0.257. The largest absolute Gasteiger partial charge is 0.396 e. The van der Waals surface area contributed by atoms with Crippen molar-refractivity contribution in [3.8, 4) is 0 Å². The zero-order chi connectivity index (χ0) is 9.68. The molecule has 0 amide bonds. The molecular weight excluding hydrogens is 162 g/mol. The summed E-state index contributed by atoms with van der Waals surface area (Å²) in [5.74, 6) is 0.932. The molecule has 0 spiro atoms. The van der Waals surface area contributed by atoms with Crippen molar-refractivity contribution in [1.29, 1.82) is 0 Å². The number of rotatable bonds is 7. The second-order valence-electron chi connectivity index (χ2n) is 4.31. The summed E-state index contributed by atoms with van der Waals surface area (Å²) in [6.07, 6.45) is 6.25. The molecule has 0 bridgehead atoms. The predicted octanol–water partition coefficient (Wildman–Crippen LogP) is 1.93. The number of hydrogen-bond acceptors (Lipinski definition) is 2. The molecule has 2 unspecified atom stereocenters. The van der Waals surface area contributed by atoms with Crippen molar-refractivity contribution in [3.05, 3.63) is 0 Å². The van der Waals surface area contributed by atoms with E-state index in [1.807, 2.05) is 0 Å². The molecule has 2 heteroatoms. The van der Waals surface area contributed by atoms with Crippen molar-refractivity contribution in [2.24, 2.45) is 5.92 Å². The van der Waals surface area contributed by atoms with Crippen LogP contribution < -0.4 is 5.32 Å². The van der Waals surface area contributed by atoms with Crippen LogP contribution >= 0.6 is 0 Å². The van der Waals surface area contributed by atoms with Gasteiger partial charge in [0.05, 0.1) is 0 Å². The highest BCUT2D eigenvalue weighted by Gasteiger charge is 2.30. The molecule has 0 saturated heterocycles. The molecule has 0 aromatic rings. The van der Waals surface area contributed by atoms with Gasteiger partial charge in [-0.2, -0.15) is 0 Å². The van der Waals surface area contributed by atoms with Gasteiger partial charge in [0.25, 0.3) is 0 Å². The van der Waals surface area contributed by atoms with E-state index in [2.05, 4.69) is 19.2 Å². The Balaban J connectivity index is 2.20. The van der Waals surface area contributed by atoms with Crippen LogP contribution in [0.1, 0.15) is 46.0 Å². The standard InChI is InChI=1S/C11H23NO/c1-3-4-11(10-5-6-10)12-9(2)7-8-13/h9-13H,3-8H2,1-2H3. The highest BCUT2D eigenvalue weighted by molar-refractivity contribution is 4.87. The third-order valence-electron chi connectivity index (χ3n) is 2.85. The third kappa shape index (κ3) is 4.10. The van der Waals surface area contributed by atoms with Crippen LogP contribution in [0, 0.1) is 5.92 Å². The van der Waals surface area contributed by atoms with Crippen LogP contribution in [-0.2, 0) is 0 Å². The molecule has 1 fully saturated rings. The summed E-state index contributed by atoms with van der Waals surface area (Å²) in [6, 6.07) is 1.19. The Kier molecular flexibility index (Phi) is 4.74. The molecule has 0 aliphatic heterocycles. The smallest absolute Gasteiger partial charge is 0.0445 e. The minimum Gasteiger partial charge on any atom is -0.396 e. The van der Waals surface area contributed by atoms with Gasteiger partial charge in [-0.15, -0.1) is 0 Å². The Morgan fingerprint density at radius 1 is 1.38 bits per heavy atom. The summed E-state index contributed by atoms with van der Waals surface area (Å²) in [4.78, 5) is 0. The summed E-state index contributed by atoms with van der Waals surface area (Å²) in [6.45, 7) is 4.71. The van der Waals surface area contributed by atoms with Crippen molar-refractivity contribution < 1.29 is 5.11 Å². The summed E-state index contributed by atoms with van der Waals surface area (Å²) >= 11 is 0. The van der Waals surface area contributed by atoms with Gasteiger partial charge >= 0.3 is 0 Å². The van der Waals surface area contributed by atoms with Crippen LogP contribution in [0.25, 0.3) is 0 Å². The zero-order valence-electron chi connectivity index (χ0n) is 8.92. The topological polar surface area (TPSA) is 32.3 Å². The molecule has 2 nitrogen and oxygen atoms in total. The summed E-state index contributed by atoms with van der Waals surface area (Å²) in [7, 11) is 0. The Bertz CT molecular complexity index is 134. The lowest BCUT2D eigenvalue weighted by Crippen LogP contribution is -2.38. The molecule has 1 saturated carbocycles. The van der Waals surface area contributed by atoms with Crippen molar-refractivity contribution in [2.75, 3.05) is 6.61 Å². The van der Waals surface area contributed by atoms with Crippen molar-refractivity contribution in [2.45, 2.75) is 58.0 Å². The molecule has 2 atom stereocenters. The average molecular weight is 185 g/mol. The lowest BCUT2D eigenvalue weighted by atomic mass is 10.1. The zero-order valence-corrected chi connectivity index (χ0v) is 8.92. The monoisotopic (exact) mass is 185 g/mol. The third-order valence-corrected chi connectivity index (χ3v) is 2.85. The molecule has 2 N–H and O–H groups in total. The minimum absolute atomic E-state index is 0.303. The van der Waals surface area contributed by atoms with Gasteiger partial charge in [-0.25, -0.2) is 0 Å². The number of nitrogens with one attached hydrogen (secondary N) is 1. The first-order valence-corrected chi connectivity index (χ1v) is 5.64. The Labute approximate surface area is 81.7 Å². The van der Waals surface area contributed by atoms with Gasteiger partial charge in [0.15, 0.2) is 0 Å². The summed E-state index contributed by atoms with van der Waals surface area (Å²) < 4.78 is 0. The number of aliphatic hydroxyl groups is 1. The molecule has 1 rings (SSSR count).